The van der Waals surface area contributed by atoms with Crippen molar-refractivity contribution in [2.75, 3.05) is 26.8 Å². The SMILES string of the molecule is COCCCCC(O)(c1ccccc1F)C1CCCN(C(=O)NC(CC2CCCCC2)C(C)N)C1. The van der Waals surface area contributed by atoms with E-state index >= 15 is 0 Å². The van der Waals surface area contributed by atoms with Crippen LogP contribution in [0.4, 0.5) is 9.18 Å². The molecule has 1 aromatic carbocycles. The lowest BCUT2D eigenvalue weighted by molar-refractivity contribution is -0.0588. The van der Waals surface area contributed by atoms with Gasteiger partial charge in [-0.1, -0.05) is 50.3 Å². The third-order valence-corrected chi connectivity index (χ3v) is 8.14. The van der Waals surface area contributed by atoms with Crippen LogP contribution < -0.4 is 11.1 Å². The highest BCUT2D eigenvalue weighted by molar-refractivity contribution is 5.74. The van der Waals surface area contributed by atoms with Gasteiger partial charge in [0.05, 0.1) is 5.60 Å². The van der Waals surface area contributed by atoms with Gasteiger partial charge in [-0.05, 0) is 57.4 Å². The van der Waals surface area contributed by atoms with Crippen LogP contribution in [0.25, 0.3) is 0 Å². The number of piperidine rings is 1. The number of urea groups is 1. The largest absolute Gasteiger partial charge is 0.385 e. The molecule has 4 atom stereocenters. The Kier molecular flexibility index (Phi) is 10.8. The molecule has 4 unspecified atom stereocenters. The number of benzene rings is 1. The molecule has 1 saturated heterocycles. The van der Waals surface area contributed by atoms with Crippen LogP contribution in [0.15, 0.2) is 24.3 Å². The fourth-order valence-corrected chi connectivity index (χ4v) is 6.00. The molecule has 6 nitrogen and oxygen atoms in total. The fraction of sp³-hybridized carbons (Fsp3) is 0.750. The van der Waals surface area contributed by atoms with Crippen LogP contribution in [0, 0.1) is 17.7 Å². The molecule has 1 heterocycles. The fourth-order valence-electron chi connectivity index (χ4n) is 6.00. The van der Waals surface area contributed by atoms with E-state index in [0.717, 1.165) is 32.1 Å². The summed E-state index contributed by atoms with van der Waals surface area (Å²) in [6.45, 7) is 3.60. The van der Waals surface area contributed by atoms with Crippen molar-refractivity contribution in [3.05, 3.63) is 35.6 Å². The van der Waals surface area contributed by atoms with Crippen LogP contribution in [-0.2, 0) is 10.3 Å². The molecule has 2 amide bonds. The summed E-state index contributed by atoms with van der Waals surface area (Å²) in [5, 5.41) is 15.1. The number of nitrogens with one attached hydrogen (secondary N) is 1. The molecule has 0 spiro atoms. The summed E-state index contributed by atoms with van der Waals surface area (Å²) in [6, 6.07) is 6.18. The Morgan fingerprint density at radius 3 is 2.66 bits per heavy atom. The zero-order valence-electron chi connectivity index (χ0n) is 21.7. The Hall–Kier alpha value is -1.70. The summed E-state index contributed by atoms with van der Waals surface area (Å²) >= 11 is 0. The molecule has 4 N–H and O–H groups in total. The number of likely N-dealkylation sites (tertiary alicyclic amines) is 1. The molecule has 35 heavy (non-hydrogen) atoms. The Morgan fingerprint density at radius 2 is 1.97 bits per heavy atom. The molecule has 7 heteroatoms. The lowest BCUT2D eigenvalue weighted by atomic mass is 9.74. The van der Waals surface area contributed by atoms with Gasteiger partial charge in [-0.15, -0.1) is 0 Å². The number of hydrogen-bond donors (Lipinski definition) is 3. The molecule has 1 aliphatic heterocycles. The highest BCUT2D eigenvalue weighted by Gasteiger charge is 2.42. The van der Waals surface area contributed by atoms with Gasteiger partial charge in [0.15, 0.2) is 0 Å². The van der Waals surface area contributed by atoms with Crippen LogP contribution in [0.2, 0.25) is 0 Å². The smallest absolute Gasteiger partial charge is 0.317 e. The van der Waals surface area contributed by atoms with E-state index in [9.17, 15) is 14.3 Å². The highest BCUT2D eigenvalue weighted by Crippen LogP contribution is 2.40. The monoisotopic (exact) mass is 491 g/mol. The maximum Gasteiger partial charge on any atom is 0.317 e. The first-order chi connectivity index (χ1) is 16.8. The van der Waals surface area contributed by atoms with Crippen LogP contribution in [-0.4, -0.2) is 54.9 Å². The predicted molar refractivity (Wildman–Crippen MR) is 137 cm³/mol. The van der Waals surface area contributed by atoms with Crippen molar-refractivity contribution < 1.29 is 19.0 Å². The van der Waals surface area contributed by atoms with Crippen molar-refractivity contribution in [3.8, 4) is 0 Å². The molecular weight excluding hydrogens is 445 g/mol. The lowest BCUT2D eigenvalue weighted by Crippen LogP contribution is -2.55. The van der Waals surface area contributed by atoms with Gasteiger partial charge in [-0.3, -0.25) is 0 Å². The van der Waals surface area contributed by atoms with E-state index in [1.165, 1.54) is 38.2 Å². The van der Waals surface area contributed by atoms with Crippen LogP contribution in [0.3, 0.4) is 0 Å². The van der Waals surface area contributed by atoms with Gasteiger partial charge in [0.2, 0.25) is 0 Å². The maximum absolute atomic E-state index is 14.9. The summed E-state index contributed by atoms with van der Waals surface area (Å²) in [7, 11) is 1.66. The van der Waals surface area contributed by atoms with Crippen molar-refractivity contribution in [3.63, 3.8) is 0 Å². The van der Waals surface area contributed by atoms with Gasteiger partial charge in [0.25, 0.3) is 0 Å². The Morgan fingerprint density at radius 1 is 1.23 bits per heavy atom. The van der Waals surface area contributed by atoms with Gasteiger partial charge in [-0.2, -0.15) is 0 Å². The quantitative estimate of drug-likeness (QED) is 0.383. The first-order valence-electron chi connectivity index (χ1n) is 13.6. The second-order valence-corrected chi connectivity index (χ2v) is 10.8. The molecule has 1 aliphatic carbocycles. The zero-order valence-corrected chi connectivity index (χ0v) is 21.7. The van der Waals surface area contributed by atoms with Gasteiger partial charge >= 0.3 is 6.03 Å². The minimum absolute atomic E-state index is 0.0644. The number of nitrogens with two attached hydrogens (primary N) is 1. The number of carbonyl (C=O) groups is 1. The summed E-state index contributed by atoms with van der Waals surface area (Å²) in [5.74, 6) is -0.0197. The first-order valence-corrected chi connectivity index (χ1v) is 13.6. The lowest BCUT2D eigenvalue weighted by Gasteiger charge is -2.43. The summed E-state index contributed by atoms with van der Waals surface area (Å²) in [5.41, 5.74) is 5.27. The predicted octanol–water partition coefficient (Wildman–Crippen LogP) is 4.94. The van der Waals surface area contributed by atoms with E-state index in [0.29, 0.717) is 37.6 Å². The second kappa shape index (κ2) is 13.6. The normalized spacial score (nSPS) is 22.9. The molecule has 0 radical (unpaired) electrons. The van der Waals surface area contributed by atoms with Crippen molar-refractivity contribution in [2.24, 2.45) is 17.6 Å². The van der Waals surface area contributed by atoms with E-state index in [2.05, 4.69) is 5.32 Å². The number of amides is 2. The minimum atomic E-state index is -1.33. The summed E-state index contributed by atoms with van der Waals surface area (Å²) in [6.07, 6.45) is 10.6. The van der Waals surface area contributed by atoms with E-state index in [4.69, 9.17) is 10.5 Å². The molecular formula is C28H46FN3O3. The number of carbonyl (C=O) groups excluding carboxylic acids is 1. The molecule has 1 saturated carbocycles. The first kappa shape index (κ1) is 27.9. The number of rotatable bonds is 11. The summed E-state index contributed by atoms with van der Waals surface area (Å²) < 4.78 is 20.0. The van der Waals surface area contributed by atoms with Gasteiger partial charge in [0.1, 0.15) is 5.82 Å². The standard InChI is InChI=1S/C28H46FN3O3/c1-21(30)26(19-22-11-4-3-5-12-22)31-27(33)32-17-10-13-23(20-32)28(34,16-8-9-18-35-2)24-14-6-7-15-25(24)29/h6-7,14-15,21-23,26,34H,3-5,8-13,16-20,30H2,1-2H3,(H,31,33). The average molecular weight is 492 g/mol. The Labute approximate surface area is 210 Å². The number of aliphatic hydroxyl groups is 1. The van der Waals surface area contributed by atoms with Crippen molar-refractivity contribution in [2.45, 2.75) is 95.2 Å². The minimum Gasteiger partial charge on any atom is -0.385 e. The highest BCUT2D eigenvalue weighted by atomic mass is 19.1. The third kappa shape index (κ3) is 7.64. The Bertz CT molecular complexity index is 786. The molecule has 0 aromatic heterocycles. The Balaban J connectivity index is 1.70. The van der Waals surface area contributed by atoms with Gasteiger partial charge in [-0.25, -0.2) is 9.18 Å². The molecule has 2 aliphatic rings. The maximum atomic E-state index is 14.9. The molecule has 2 fully saturated rings. The molecule has 198 valence electrons. The van der Waals surface area contributed by atoms with Crippen LogP contribution in [0.1, 0.15) is 83.1 Å². The summed E-state index contributed by atoms with van der Waals surface area (Å²) in [4.78, 5) is 15.1. The third-order valence-electron chi connectivity index (χ3n) is 8.14. The van der Waals surface area contributed by atoms with Crippen molar-refractivity contribution in [1.82, 2.24) is 10.2 Å². The van der Waals surface area contributed by atoms with Crippen LogP contribution >= 0.6 is 0 Å². The molecule has 0 bridgehead atoms. The van der Waals surface area contributed by atoms with E-state index < -0.39 is 11.4 Å². The van der Waals surface area contributed by atoms with E-state index in [-0.39, 0.29) is 24.0 Å². The topological polar surface area (TPSA) is 87.8 Å². The number of methoxy groups -OCH3 is 1. The number of unbranched alkanes of at least 4 members (excludes halogenated alkanes) is 1. The molecule has 1 aromatic rings. The number of nitrogens with zero attached hydrogens (tertiary/aromatic N) is 1. The average Bonchev–Trinajstić information content (AvgIpc) is 2.87. The zero-order chi connectivity index (χ0) is 25.3. The van der Waals surface area contributed by atoms with Crippen LogP contribution in [0.5, 0.6) is 0 Å². The number of ether oxygens (including phenoxy) is 1. The van der Waals surface area contributed by atoms with Gasteiger partial charge in [0, 0.05) is 50.4 Å². The van der Waals surface area contributed by atoms with Crippen molar-refractivity contribution in [1.29, 1.82) is 0 Å². The van der Waals surface area contributed by atoms with Crippen molar-refractivity contribution >= 4 is 6.03 Å². The van der Waals surface area contributed by atoms with E-state index in [1.54, 1.807) is 30.2 Å². The number of hydrogen-bond acceptors (Lipinski definition) is 4. The van der Waals surface area contributed by atoms with E-state index in [1.807, 2.05) is 6.92 Å². The second-order valence-electron chi connectivity index (χ2n) is 10.8. The number of halogens is 1. The molecule has 3 rings (SSSR count). The van der Waals surface area contributed by atoms with Gasteiger partial charge < -0.3 is 25.8 Å².